The molecule has 0 heterocycles. The van der Waals surface area contributed by atoms with E-state index >= 15 is 0 Å². The Morgan fingerprint density at radius 2 is 2.07 bits per heavy atom. The molecule has 0 radical (unpaired) electrons. The summed E-state index contributed by atoms with van der Waals surface area (Å²) in [6.07, 6.45) is 7.48. The first-order valence-corrected chi connectivity index (χ1v) is 5.52. The third kappa shape index (κ3) is 4.54. The second-order valence-corrected chi connectivity index (χ2v) is 3.55. The second-order valence-electron chi connectivity index (χ2n) is 3.55. The molecule has 0 saturated carbocycles. The molecule has 2 nitrogen and oxygen atoms in total. The Morgan fingerprint density at radius 3 is 2.80 bits per heavy atom. The van der Waals surface area contributed by atoms with E-state index in [1.165, 1.54) is 19.3 Å². The quantitative estimate of drug-likeness (QED) is 0.699. The van der Waals surface area contributed by atoms with Gasteiger partial charge in [0.25, 0.3) is 0 Å². The molecule has 1 rings (SSSR count). The van der Waals surface area contributed by atoms with Gasteiger partial charge in [-0.2, -0.15) is 0 Å². The van der Waals surface area contributed by atoms with Gasteiger partial charge in [0.1, 0.15) is 5.75 Å². The van der Waals surface area contributed by atoms with Crippen molar-refractivity contribution in [1.29, 1.82) is 0 Å². The standard InChI is InChI=1S/C13H19NO/c1-2-3-6-10-14-11-9-12-7-4-5-8-13(12)15/h4-5,7-9,11,14-15H,2-3,6,10H2,1H3. The van der Waals surface area contributed by atoms with Crippen molar-refractivity contribution in [3.05, 3.63) is 36.0 Å². The Balaban J connectivity index is 2.29. The molecule has 0 fully saturated rings. The normalized spacial score (nSPS) is 10.7. The first-order valence-electron chi connectivity index (χ1n) is 5.52. The van der Waals surface area contributed by atoms with Crippen LogP contribution in [-0.2, 0) is 0 Å². The lowest BCUT2D eigenvalue weighted by molar-refractivity contribution is 0.474. The third-order valence-electron chi connectivity index (χ3n) is 2.24. The SMILES string of the molecule is CCCCCNC=Cc1ccccc1O. The molecule has 0 aliphatic rings. The molecule has 0 atom stereocenters. The fourth-order valence-corrected chi connectivity index (χ4v) is 1.34. The molecule has 0 bridgehead atoms. The molecule has 15 heavy (non-hydrogen) atoms. The van der Waals surface area contributed by atoms with Crippen LogP contribution >= 0.6 is 0 Å². The number of phenols is 1. The summed E-state index contributed by atoms with van der Waals surface area (Å²) in [6, 6.07) is 7.31. The van der Waals surface area contributed by atoms with E-state index in [-0.39, 0.29) is 0 Å². The summed E-state index contributed by atoms with van der Waals surface area (Å²) in [4.78, 5) is 0. The van der Waals surface area contributed by atoms with E-state index in [4.69, 9.17) is 0 Å². The van der Waals surface area contributed by atoms with Crippen LogP contribution in [-0.4, -0.2) is 11.7 Å². The number of nitrogens with one attached hydrogen (secondary N) is 1. The van der Waals surface area contributed by atoms with Gasteiger partial charge in [0, 0.05) is 12.1 Å². The monoisotopic (exact) mass is 205 g/mol. The van der Waals surface area contributed by atoms with Gasteiger partial charge in [0.15, 0.2) is 0 Å². The predicted molar refractivity (Wildman–Crippen MR) is 64.7 cm³/mol. The number of rotatable bonds is 6. The zero-order chi connectivity index (χ0) is 10.9. The van der Waals surface area contributed by atoms with E-state index in [9.17, 15) is 5.11 Å². The predicted octanol–water partition coefficient (Wildman–Crippen LogP) is 3.14. The highest BCUT2D eigenvalue weighted by Gasteiger charge is 1.92. The van der Waals surface area contributed by atoms with E-state index in [1.54, 1.807) is 6.07 Å². The van der Waals surface area contributed by atoms with Crippen LogP contribution in [0.3, 0.4) is 0 Å². The lowest BCUT2D eigenvalue weighted by Crippen LogP contribution is -2.05. The van der Waals surface area contributed by atoms with Gasteiger partial charge in [-0.3, -0.25) is 0 Å². The number of benzene rings is 1. The van der Waals surface area contributed by atoms with Crippen molar-refractivity contribution < 1.29 is 5.11 Å². The molecule has 0 aliphatic carbocycles. The highest BCUT2D eigenvalue weighted by molar-refractivity contribution is 5.56. The Hall–Kier alpha value is -1.44. The van der Waals surface area contributed by atoms with Crippen LogP contribution in [0.1, 0.15) is 31.7 Å². The summed E-state index contributed by atoms with van der Waals surface area (Å²) < 4.78 is 0. The molecular weight excluding hydrogens is 186 g/mol. The Bertz CT molecular complexity index is 307. The highest BCUT2D eigenvalue weighted by Crippen LogP contribution is 2.16. The van der Waals surface area contributed by atoms with Crippen molar-refractivity contribution in [2.75, 3.05) is 6.54 Å². The molecule has 0 unspecified atom stereocenters. The van der Waals surface area contributed by atoms with Gasteiger partial charge in [-0.25, -0.2) is 0 Å². The van der Waals surface area contributed by atoms with Crippen molar-refractivity contribution in [1.82, 2.24) is 5.32 Å². The minimum Gasteiger partial charge on any atom is -0.507 e. The van der Waals surface area contributed by atoms with E-state index in [1.807, 2.05) is 30.5 Å². The van der Waals surface area contributed by atoms with Crippen LogP contribution in [0.5, 0.6) is 5.75 Å². The van der Waals surface area contributed by atoms with E-state index in [0.717, 1.165) is 12.1 Å². The Morgan fingerprint density at radius 1 is 1.27 bits per heavy atom. The van der Waals surface area contributed by atoms with Crippen molar-refractivity contribution >= 4 is 6.08 Å². The highest BCUT2D eigenvalue weighted by atomic mass is 16.3. The summed E-state index contributed by atoms with van der Waals surface area (Å²) in [7, 11) is 0. The van der Waals surface area contributed by atoms with Gasteiger partial charge < -0.3 is 10.4 Å². The molecule has 1 aromatic rings. The molecule has 0 saturated heterocycles. The number of para-hydroxylation sites is 1. The number of aromatic hydroxyl groups is 1. The van der Waals surface area contributed by atoms with Gasteiger partial charge in [0.2, 0.25) is 0 Å². The average molecular weight is 205 g/mol. The minimum atomic E-state index is 0.323. The van der Waals surface area contributed by atoms with Crippen LogP contribution in [0.15, 0.2) is 30.5 Å². The third-order valence-corrected chi connectivity index (χ3v) is 2.24. The smallest absolute Gasteiger partial charge is 0.122 e. The summed E-state index contributed by atoms with van der Waals surface area (Å²) in [5.41, 5.74) is 0.848. The largest absolute Gasteiger partial charge is 0.507 e. The van der Waals surface area contributed by atoms with Crippen LogP contribution in [0.2, 0.25) is 0 Å². The number of hydrogen-bond acceptors (Lipinski definition) is 2. The lowest BCUT2D eigenvalue weighted by Gasteiger charge is -2.00. The molecule has 0 amide bonds. The maximum Gasteiger partial charge on any atom is 0.122 e. The van der Waals surface area contributed by atoms with Crippen molar-refractivity contribution in [2.24, 2.45) is 0 Å². The Kier molecular flexibility index (Phi) is 5.38. The summed E-state index contributed by atoms with van der Waals surface area (Å²) in [6.45, 7) is 3.19. The molecule has 82 valence electrons. The van der Waals surface area contributed by atoms with Crippen molar-refractivity contribution in [3.8, 4) is 5.75 Å². The molecular formula is C13H19NO. The first-order chi connectivity index (χ1) is 7.34. The second kappa shape index (κ2) is 6.93. The maximum atomic E-state index is 9.47. The number of hydrogen-bond donors (Lipinski definition) is 2. The van der Waals surface area contributed by atoms with Gasteiger partial charge in [-0.15, -0.1) is 0 Å². The topological polar surface area (TPSA) is 32.3 Å². The average Bonchev–Trinajstić information content (AvgIpc) is 2.25. The summed E-state index contributed by atoms with van der Waals surface area (Å²) >= 11 is 0. The maximum absolute atomic E-state index is 9.47. The van der Waals surface area contributed by atoms with E-state index in [2.05, 4.69) is 12.2 Å². The zero-order valence-electron chi connectivity index (χ0n) is 9.24. The van der Waals surface area contributed by atoms with Crippen LogP contribution in [0, 0.1) is 0 Å². The molecule has 0 aromatic heterocycles. The van der Waals surface area contributed by atoms with Gasteiger partial charge in [0.05, 0.1) is 0 Å². The van der Waals surface area contributed by atoms with Crippen molar-refractivity contribution in [2.45, 2.75) is 26.2 Å². The van der Waals surface area contributed by atoms with Gasteiger partial charge in [-0.1, -0.05) is 38.0 Å². The molecule has 1 aromatic carbocycles. The summed E-state index contributed by atoms with van der Waals surface area (Å²) in [5, 5.41) is 12.7. The summed E-state index contributed by atoms with van der Waals surface area (Å²) in [5.74, 6) is 0.323. The number of phenolic OH excluding ortho intramolecular Hbond substituents is 1. The fourth-order valence-electron chi connectivity index (χ4n) is 1.34. The molecule has 2 heteroatoms. The van der Waals surface area contributed by atoms with Gasteiger partial charge in [-0.05, 0) is 24.8 Å². The number of unbranched alkanes of at least 4 members (excludes halogenated alkanes) is 2. The van der Waals surface area contributed by atoms with Gasteiger partial charge >= 0.3 is 0 Å². The van der Waals surface area contributed by atoms with Crippen LogP contribution in [0.25, 0.3) is 6.08 Å². The fraction of sp³-hybridized carbons (Fsp3) is 0.385. The van der Waals surface area contributed by atoms with E-state index in [0.29, 0.717) is 5.75 Å². The van der Waals surface area contributed by atoms with Crippen LogP contribution < -0.4 is 5.32 Å². The Labute approximate surface area is 91.6 Å². The lowest BCUT2D eigenvalue weighted by atomic mass is 10.2. The zero-order valence-corrected chi connectivity index (χ0v) is 9.24. The molecule has 0 spiro atoms. The van der Waals surface area contributed by atoms with Crippen LogP contribution in [0.4, 0.5) is 0 Å². The molecule has 2 N–H and O–H groups in total. The van der Waals surface area contributed by atoms with E-state index < -0.39 is 0 Å². The molecule has 0 aliphatic heterocycles. The van der Waals surface area contributed by atoms with Crippen molar-refractivity contribution in [3.63, 3.8) is 0 Å². The first kappa shape index (κ1) is 11.6. The minimum absolute atomic E-state index is 0.323.